The maximum absolute atomic E-state index is 12.6. The molecule has 2 heterocycles. The minimum absolute atomic E-state index is 0.00636. The Hall–Kier alpha value is -2.20. The molecule has 4 heteroatoms. The molecule has 23 heavy (non-hydrogen) atoms. The molecule has 4 nitrogen and oxygen atoms in total. The number of rotatable bonds is 3. The Kier molecular flexibility index (Phi) is 4.72. The van der Waals surface area contributed by atoms with Gasteiger partial charge in [0.15, 0.2) is 0 Å². The molecule has 2 aromatic rings. The van der Waals surface area contributed by atoms with Crippen LogP contribution < -0.4 is 5.73 Å². The van der Waals surface area contributed by atoms with Gasteiger partial charge >= 0.3 is 0 Å². The second-order valence-corrected chi connectivity index (χ2v) is 6.21. The Bertz CT molecular complexity index is 718. The molecule has 1 aliphatic heterocycles. The van der Waals surface area contributed by atoms with E-state index in [4.69, 9.17) is 5.73 Å². The topological polar surface area (TPSA) is 59.2 Å². The Balaban J connectivity index is 1.82. The molecule has 0 spiro atoms. The number of hydrogen-bond donors (Lipinski definition) is 1. The van der Waals surface area contributed by atoms with Gasteiger partial charge in [-0.25, -0.2) is 0 Å². The lowest BCUT2D eigenvalue weighted by Gasteiger charge is -2.37. The minimum Gasteiger partial charge on any atom is -0.335 e. The van der Waals surface area contributed by atoms with Gasteiger partial charge in [0.2, 0.25) is 5.91 Å². The van der Waals surface area contributed by atoms with Crippen molar-refractivity contribution in [2.24, 2.45) is 5.73 Å². The fraction of sp³-hybridized carbons (Fsp3) is 0.368. The Labute approximate surface area is 137 Å². The van der Waals surface area contributed by atoms with Crippen LogP contribution in [0.5, 0.6) is 0 Å². The molecule has 1 amide bonds. The summed E-state index contributed by atoms with van der Waals surface area (Å²) in [6.45, 7) is 2.78. The summed E-state index contributed by atoms with van der Waals surface area (Å²) in [6.07, 6.45) is 8.49. The maximum atomic E-state index is 12.6. The van der Waals surface area contributed by atoms with Crippen molar-refractivity contribution in [1.82, 2.24) is 9.88 Å². The number of carbonyl (C=O) groups excluding carboxylic acids is 1. The highest BCUT2D eigenvalue weighted by Gasteiger charge is 2.27. The second kappa shape index (κ2) is 6.92. The first-order chi connectivity index (χ1) is 11.2. The van der Waals surface area contributed by atoms with Crippen molar-refractivity contribution in [3.05, 3.63) is 48.2 Å². The molecule has 0 saturated carbocycles. The number of nitrogens with zero attached hydrogens (tertiary/aromatic N) is 2. The zero-order chi connectivity index (χ0) is 16.2. The van der Waals surface area contributed by atoms with Crippen LogP contribution in [0.2, 0.25) is 0 Å². The van der Waals surface area contributed by atoms with Crippen LogP contribution in [0.4, 0.5) is 0 Å². The van der Waals surface area contributed by atoms with Crippen molar-refractivity contribution in [1.29, 1.82) is 0 Å². The number of pyridine rings is 1. The molecular formula is C19H23N3O. The standard InChI is InChI=1S/C19H23N3O/c1-14(20)17-9-2-3-13-22(17)18(23)11-10-16-7-4-6-15-8-5-12-21-19(15)16/h4-8,10-12,14,17H,2-3,9,13,20H2,1H3. The first-order valence-electron chi connectivity index (χ1n) is 8.25. The summed E-state index contributed by atoms with van der Waals surface area (Å²) in [5, 5.41) is 1.08. The van der Waals surface area contributed by atoms with E-state index in [2.05, 4.69) is 4.98 Å². The number of benzene rings is 1. The predicted molar refractivity (Wildman–Crippen MR) is 93.8 cm³/mol. The van der Waals surface area contributed by atoms with Gasteiger partial charge in [0, 0.05) is 41.9 Å². The van der Waals surface area contributed by atoms with Crippen LogP contribution in [0.1, 0.15) is 31.7 Å². The Morgan fingerprint density at radius 2 is 2.17 bits per heavy atom. The van der Waals surface area contributed by atoms with Gasteiger partial charge < -0.3 is 10.6 Å². The van der Waals surface area contributed by atoms with Crippen LogP contribution >= 0.6 is 0 Å². The minimum atomic E-state index is 0.00636. The van der Waals surface area contributed by atoms with Gasteiger partial charge in [-0.2, -0.15) is 0 Å². The summed E-state index contributed by atoms with van der Waals surface area (Å²) < 4.78 is 0. The molecule has 1 aliphatic rings. The van der Waals surface area contributed by atoms with Crippen LogP contribution in [-0.2, 0) is 4.79 Å². The lowest BCUT2D eigenvalue weighted by atomic mass is 9.97. The van der Waals surface area contributed by atoms with Crippen LogP contribution in [0.25, 0.3) is 17.0 Å². The molecule has 2 N–H and O–H groups in total. The van der Waals surface area contributed by atoms with Crippen LogP contribution in [0.3, 0.4) is 0 Å². The molecule has 1 aromatic heterocycles. The number of likely N-dealkylation sites (tertiary alicyclic amines) is 1. The molecule has 3 rings (SSSR count). The fourth-order valence-corrected chi connectivity index (χ4v) is 3.30. The molecule has 0 radical (unpaired) electrons. The smallest absolute Gasteiger partial charge is 0.246 e. The molecule has 120 valence electrons. The monoisotopic (exact) mass is 309 g/mol. The van der Waals surface area contributed by atoms with E-state index in [1.807, 2.05) is 48.2 Å². The van der Waals surface area contributed by atoms with Gasteiger partial charge in [-0.05, 0) is 38.3 Å². The number of piperidine rings is 1. The normalized spacial score (nSPS) is 20.1. The van der Waals surface area contributed by atoms with Gasteiger partial charge in [-0.15, -0.1) is 0 Å². The van der Waals surface area contributed by atoms with E-state index in [9.17, 15) is 4.79 Å². The summed E-state index contributed by atoms with van der Waals surface area (Å²) in [7, 11) is 0. The number of hydrogen-bond acceptors (Lipinski definition) is 3. The van der Waals surface area contributed by atoms with Crippen LogP contribution in [-0.4, -0.2) is 34.4 Å². The van der Waals surface area contributed by atoms with Gasteiger partial charge in [-0.3, -0.25) is 9.78 Å². The summed E-state index contributed by atoms with van der Waals surface area (Å²) in [6, 6.07) is 10.1. The van der Waals surface area contributed by atoms with E-state index >= 15 is 0 Å². The van der Waals surface area contributed by atoms with Gasteiger partial charge in [0.1, 0.15) is 0 Å². The van der Waals surface area contributed by atoms with Crippen molar-refractivity contribution in [2.45, 2.75) is 38.3 Å². The third kappa shape index (κ3) is 3.42. The quantitative estimate of drug-likeness (QED) is 0.887. The summed E-state index contributed by atoms with van der Waals surface area (Å²) >= 11 is 0. The zero-order valence-electron chi connectivity index (χ0n) is 13.5. The summed E-state index contributed by atoms with van der Waals surface area (Å²) in [4.78, 5) is 18.9. The largest absolute Gasteiger partial charge is 0.335 e. The number of para-hydroxylation sites is 1. The second-order valence-electron chi connectivity index (χ2n) is 6.21. The number of nitrogens with two attached hydrogens (primary N) is 1. The average Bonchev–Trinajstić information content (AvgIpc) is 2.59. The molecule has 0 bridgehead atoms. The molecule has 2 atom stereocenters. The van der Waals surface area contributed by atoms with Gasteiger partial charge in [0.05, 0.1) is 5.52 Å². The molecule has 1 fully saturated rings. The van der Waals surface area contributed by atoms with Crippen molar-refractivity contribution < 1.29 is 4.79 Å². The number of fused-ring (bicyclic) bond motifs is 1. The van der Waals surface area contributed by atoms with Crippen LogP contribution in [0.15, 0.2) is 42.6 Å². The van der Waals surface area contributed by atoms with Crippen molar-refractivity contribution in [3.63, 3.8) is 0 Å². The number of amides is 1. The lowest BCUT2D eigenvalue weighted by molar-refractivity contribution is -0.129. The SMILES string of the molecule is CC(N)C1CCCCN1C(=O)C=Cc1cccc2cccnc12. The number of aromatic nitrogens is 1. The fourth-order valence-electron chi connectivity index (χ4n) is 3.30. The highest BCUT2D eigenvalue weighted by Crippen LogP contribution is 2.21. The highest BCUT2D eigenvalue weighted by atomic mass is 16.2. The Morgan fingerprint density at radius 1 is 1.35 bits per heavy atom. The maximum Gasteiger partial charge on any atom is 0.246 e. The van der Waals surface area contributed by atoms with E-state index < -0.39 is 0 Å². The van der Waals surface area contributed by atoms with Crippen molar-refractivity contribution in [3.8, 4) is 0 Å². The van der Waals surface area contributed by atoms with E-state index in [0.717, 1.165) is 42.3 Å². The third-order valence-corrected chi connectivity index (χ3v) is 4.51. The summed E-state index contributed by atoms with van der Waals surface area (Å²) in [5.74, 6) is 0.0416. The van der Waals surface area contributed by atoms with Crippen molar-refractivity contribution in [2.75, 3.05) is 6.54 Å². The first-order valence-corrected chi connectivity index (χ1v) is 8.25. The molecule has 1 aromatic carbocycles. The van der Waals surface area contributed by atoms with E-state index in [1.54, 1.807) is 12.3 Å². The van der Waals surface area contributed by atoms with E-state index in [1.165, 1.54) is 0 Å². The lowest BCUT2D eigenvalue weighted by Crippen LogP contribution is -2.51. The molecule has 2 unspecified atom stereocenters. The summed E-state index contributed by atoms with van der Waals surface area (Å²) in [5.41, 5.74) is 7.93. The van der Waals surface area contributed by atoms with E-state index in [0.29, 0.717) is 0 Å². The molecule has 0 aliphatic carbocycles. The van der Waals surface area contributed by atoms with E-state index in [-0.39, 0.29) is 18.0 Å². The predicted octanol–water partition coefficient (Wildman–Crippen LogP) is 2.98. The van der Waals surface area contributed by atoms with Crippen LogP contribution in [0, 0.1) is 0 Å². The highest BCUT2D eigenvalue weighted by molar-refractivity contribution is 5.95. The van der Waals surface area contributed by atoms with Crippen molar-refractivity contribution >= 4 is 22.9 Å². The Morgan fingerprint density at radius 3 is 3.00 bits per heavy atom. The first kappa shape index (κ1) is 15.7. The number of carbonyl (C=O) groups is 1. The zero-order valence-corrected chi connectivity index (χ0v) is 13.5. The third-order valence-electron chi connectivity index (χ3n) is 4.51. The van der Waals surface area contributed by atoms with Gasteiger partial charge in [-0.1, -0.05) is 24.3 Å². The average molecular weight is 309 g/mol. The van der Waals surface area contributed by atoms with Gasteiger partial charge in [0.25, 0.3) is 0 Å². The molecule has 1 saturated heterocycles. The molecular weight excluding hydrogens is 286 g/mol.